The number of hydrogen-bond acceptors (Lipinski definition) is 4. The quantitative estimate of drug-likeness (QED) is 0.337. The molecule has 0 atom stereocenters. The third-order valence-electron chi connectivity index (χ3n) is 5.20. The molecule has 3 aromatic carbocycles. The van der Waals surface area contributed by atoms with Crippen molar-refractivity contribution in [3.8, 4) is 11.5 Å². The summed E-state index contributed by atoms with van der Waals surface area (Å²) in [6.07, 6.45) is -3.97. The molecule has 2 amide bonds. The van der Waals surface area contributed by atoms with Gasteiger partial charge in [-0.15, -0.1) is 12.4 Å². The first-order valence-electron chi connectivity index (χ1n) is 11.1. The Balaban J connectivity index is 0.00000456. The van der Waals surface area contributed by atoms with Crippen LogP contribution in [0.1, 0.15) is 23.1 Å². The first-order chi connectivity index (χ1) is 16.8. The smallest absolute Gasteiger partial charge is 0.416 e. The van der Waals surface area contributed by atoms with Gasteiger partial charge in [-0.05, 0) is 54.4 Å². The zero-order valence-electron chi connectivity index (χ0n) is 19.8. The van der Waals surface area contributed by atoms with Crippen LogP contribution in [0.3, 0.4) is 0 Å². The van der Waals surface area contributed by atoms with E-state index >= 15 is 0 Å². The molecule has 0 heterocycles. The number of anilines is 1. The Labute approximate surface area is 214 Å². The molecule has 0 radical (unpaired) electrons. The van der Waals surface area contributed by atoms with E-state index in [1.165, 1.54) is 24.1 Å². The lowest BCUT2D eigenvalue weighted by Gasteiger charge is -2.24. The average Bonchev–Trinajstić information content (AvgIpc) is 2.85. The van der Waals surface area contributed by atoms with E-state index in [0.717, 1.165) is 23.3 Å². The molecule has 0 saturated carbocycles. The van der Waals surface area contributed by atoms with Crippen molar-refractivity contribution in [2.24, 2.45) is 5.73 Å². The number of nitrogens with zero attached hydrogens (tertiary/aromatic N) is 1. The Kier molecular flexibility index (Phi) is 10.9. The van der Waals surface area contributed by atoms with E-state index in [4.69, 9.17) is 15.2 Å². The number of alkyl halides is 3. The van der Waals surface area contributed by atoms with Crippen molar-refractivity contribution in [3.63, 3.8) is 0 Å². The summed E-state index contributed by atoms with van der Waals surface area (Å²) in [6.45, 7) is 1.28. The van der Waals surface area contributed by atoms with Crippen molar-refractivity contribution in [2.45, 2.75) is 25.7 Å². The molecule has 0 aliphatic rings. The van der Waals surface area contributed by atoms with Gasteiger partial charge in [0.2, 0.25) is 0 Å². The van der Waals surface area contributed by atoms with Gasteiger partial charge in [-0.1, -0.05) is 42.5 Å². The van der Waals surface area contributed by atoms with Crippen molar-refractivity contribution >= 4 is 24.1 Å². The Bertz CT molecular complexity index is 1110. The maximum atomic E-state index is 13.0. The van der Waals surface area contributed by atoms with Crippen LogP contribution in [0, 0.1) is 0 Å². The lowest BCUT2D eigenvalue weighted by atomic mass is 10.1. The van der Waals surface area contributed by atoms with Gasteiger partial charge < -0.3 is 25.4 Å². The minimum absolute atomic E-state index is 0. The van der Waals surface area contributed by atoms with E-state index in [1.54, 1.807) is 12.1 Å². The predicted octanol–water partition coefficient (Wildman–Crippen LogP) is 6.10. The molecular formula is C26H29ClF3N3O3. The Hall–Kier alpha value is -3.43. The Morgan fingerprint density at radius 3 is 2.39 bits per heavy atom. The van der Waals surface area contributed by atoms with E-state index in [1.807, 2.05) is 36.4 Å². The fourth-order valence-electron chi connectivity index (χ4n) is 3.40. The van der Waals surface area contributed by atoms with Gasteiger partial charge in [-0.2, -0.15) is 13.2 Å². The van der Waals surface area contributed by atoms with Gasteiger partial charge in [0.05, 0.1) is 12.7 Å². The largest absolute Gasteiger partial charge is 0.493 e. The lowest BCUT2D eigenvalue weighted by Crippen LogP contribution is -2.36. The van der Waals surface area contributed by atoms with E-state index in [-0.39, 0.29) is 24.6 Å². The number of ether oxygens (including phenoxy) is 2. The summed E-state index contributed by atoms with van der Waals surface area (Å²) >= 11 is 0. The Morgan fingerprint density at radius 2 is 1.72 bits per heavy atom. The van der Waals surface area contributed by atoms with Gasteiger partial charge in [-0.25, -0.2) is 4.79 Å². The number of urea groups is 1. The number of methoxy groups -OCH3 is 1. The topological polar surface area (TPSA) is 76.8 Å². The number of amides is 2. The molecule has 0 aromatic heterocycles. The van der Waals surface area contributed by atoms with Crippen LogP contribution in [0.25, 0.3) is 0 Å². The van der Waals surface area contributed by atoms with Crippen molar-refractivity contribution < 1.29 is 27.4 Å². The summed E-state index contributed by atoms with van der Waals surface area (Å²) in [5.74, 6) is 1.07. The number of benzene rings is 3. The minimum atomic E-state index is -4.50. The monoisotopic (exact) mass is 523 g/mol. The van der Waals surface area contributed by atoms with E-state index in [2.05, 4.69) is 5.32 Å². The SMILES string of the molecule is COc1cc(CN(CCCN)C(=O)Nc2cccc(C(F)(F)F)c2)ccc1OCc1ccccc1.Cl. The van der Waals surface area contributed by atoms with E-state index in [9.17, 15) is 18.0 Å². The fraction of sp³-hybridized carbons (Fsp3) is 0.269. The zero-order valence-corrected chi connectivity index (χ0v) is 20.6. The first-order valence-corrected chi connectivity index (χ1v) is 11.1. The van der Waals surface area contributed by atoms with Crippen LogP contribution in [0.5, 0.6) is 11.5 Å². The molecule has 3 N–H and O–H groups in total. The third-order valence-corrected chi connectivity index (χ3v) is 5.20. The van der Waals surface area contributed by atoms with Crippen LogP contribution in [0.4, 0.5) is 23.7 Å². The van der Waals surface area contributed by atoms with Crippen LogP contribution in [0.2, 0.25) is 0 Å². The van der Waals surface area contributed by atoms with Crippen molar-refractivity contribution in [1.82, 2.24) is 4.90 Å². The molecule has 194 valence electrons. The van der Waals surface area contributed by atoms with Crippen LogP contribution < -0.4 is 20.5 Å². The number of carbonyl (C=O) groups is 1. The van der Waals surface area contributed by atoms with Crippen LogP contribution in [0.15, 0.2) is 72.8 Å². The number of nitrogens with two attached hydrogens (primary N) is 1. The maximum absolute atomic E-state index is 13.0. The number of nitrogens with one attached hydrogen (secondary N) is 1. The second-order valence-electron chi connectivity index (χ2n) is 7.83. The number of carbonyl (C=O) groups excluding carboxylic acids is 1. The molecule has 0 bridgehead atoms. The summed E-state index contributed by atoms with van der Waals surface area (Å²) in [4.78, 5) is 14.4. The average molecular weight is 524 g/mol. The van der Waals surface area contributed by atoms with Crippen molar-refractivity contribution in [2.75, 3.05) is 25.5 Å². The van der Waals surface area contributed by atoms with Gasteiger partial charge in [0.1, 0.15) is 6.61 Å². The molecule has 3 rings (SSSR count). The molecule has 3 aromatic rings. The Morgan fingerprint density at radius 1 is 0.972 bits per heavy atom. The molecule has 0 spiro atoms. The molecule has 6 nitrogen and oxygen atoms in total. The highest BCUT2D eigenvalue weighted by Gasteiger charge is 2.30. The molecule has 0 aliphatic heterocycles. The summed E-state index contributed by atoms with van der Waals surface area (Å²) in [6, 6.07) is 19.1. The number of rotatable bonds is 10. The van der Waals surface area contributed by atoms with Crippen molar-refractivity contribution in [1.29, 1.82) is 0 Å². The summed E-state index contributed by atoms with van der Waals surface area (Å²) in [5.41, 5.74) is 6.62. The van der Waals surface area contributed by atoms with Gasteiger partial charge >= 0.3 is 12.2 Å². The third kappa shape index (κ3) is 8.35. The van der Waals surface area contributed by atoms with Crippen molar-refractivity contribution in [3.05, 3.63) is 89.5 Å². The van der Waals surface area contributed by atoms with Crippen LogP contribution in [-0.2, 0) is 19.3 Å². The lowest BCUT2D eigenvalue weighted by molar-refractivity contribution is -0.137. The zero-order chi connectivity index (χ0) is 25.3. The number of halogens is 4. The maximum Gasteiger partial charge on any atom is 0.416 e. The van der Waals surface area contributed by atoms with Crippen LogP contribution >= 0.6 is 12.4 Å². The first kappa shape index (κ1) is 28.8. The fourth-order valence-corrected chi connectivity index (χ4v) is 3.40. The molecule has 0 fully saturated rings. The second kappa shape index (κ2) is 13.6. The standard InChI is InChI=1S/C26H28F3N3O3.ClH/c1-34-24-15-20(11-12-23(24)35-18-19-7-3-2-4-8-19)17-32(14-6-13-30)25(33)31-22-10-5-9-21(16-22)26(27,28)29;/h2-5,7-12,15-16H,6,13-14,17-18,30H2,1H3,(H,31,33);1H. The minimum Gasteiger partial charge on any atom is -0.493 e. The van der Waals surface area contributed by atoms with Gasteiger partial charge in [0.15, 0.2) is 11.5 Å². The molecule has 0 unspecified atom stereocenters. The second-order valence-corrected chi connectivity index (χ2v) is 7.83. The van der Waals surface area contributed by atoms with Gasteiger partial charge in [-0.3, -0.25) is 0 Å². The highest BCUT2D eigenvalue weighted by Crippen LogP contribution is 2.31. The molecule has 36 heavy (non-hydrogen) atoms. The molecular weight excluding hydrogens is 495 g/mol. The molecule has 0 saturated heterocycles. The van der Waals surface area contributed by atoms with Gasteiger partial charge in [0.25, 0.3) is 0 Å². The predicted molar refractivity (Wildman–Crippen MR) is 136 cm³/mol. The highest BCUT2D eigenvalue weighted by molar-refractivity contribution is 5.89. The van der Waals surface area contributed by atoms with E-state index in [0.29, 0.717) is 37.6 Å². The molecule has 10 heteroatoms. The number of hydrogen-bond donors (Lipinski definition) is 2. The summed E-state index contributed by atoms with van der Waals surface area (Å²) in [7, 11) is 1.53. The summed E-state index contributed by atoms with van der Waals surface area (Å²) in [5, 5.41) is 2.55. The van der Waals surface area contributed by atoms with Gasteiger partial charge in [0, 0.05) is 18.8 Å². The normalized spacial score (nSPS) is 10.8. The van der Waals surface area contributed by atoms with E-state index < -0.39 is 17.8 Å². The van der Waals surface area contributed by atoms with Crippen LogP contribution in [-0.4, -0.2) is 31.1 Å². The summed E-state index contributed by atoms with van der Waals surface area (Å²) < 4.78 is 50.4. The molecule has 0 aliphatic carbocycles. The highest BCUT2D eigenvalue weighted by atomic mass is 35.5.